The molecule has 9 heteroatoms. The predicted octanol–water partition coefficient (Wildman–Crippen LogP) is 3.07. The number of carbonyl (C=O) groups excluding carboxylic acids is 2. The van der Waals surface area contributed by atoms with Gasteiger partial charge in [0.05, 0.1) is 18.7 Å². The minimum absolute atomic E-state index is 0.0662. The number of likely N-dealkylation sites (N-methyl/N-ethyl adjacent to an activating group) is 1. The van der Waals surface area contributed by atoms with Crippen LogP contribution in [0.25, 0.3) is 0 Å². The van der Waals surface area contributed by atoms with Crippen molar-refractivity contribution in [2.24, 2.45) is 5.41 Å². The first-order valence-electron chi connectivity index (χ1n) is 12.4. The smallest absolute Gasteiger partial charge is 0.227 e. The number of hydrogen-bond donors (Lipinski definition) is 1. The minimum Gasteiger partial charge on any atom is -0.493 e. The maximum Gasteiger partial charge on any atom is 0.227 e. The van der Waals surface area contributed by atoms with Crippen molar-refractivity contribution < 1.29 is 14.3 Å². The minimum atomic E-state index is -0.447. The van der Waals surface area contributed by atoms with E-state index in [4.69, 9.17) is 16.3 Å². The van der Waals surface area contributed by atoms with E-state index >= 15 is 0 Å². The molecule has 0 aliphatic carbocycles. The van der Waals surface area contributed by atoms with Gasteiger partial charge in [-0.3, -0.25) is 14.7 Å². The first-order chi connectivity index (χ1) is 16.7. The number of aromatic amines is 1. The van der Waals surface area contributed by atoms with Crippen molar-refractivity contribution in [3.05, 3.63) is 46.2 Å². The van der Waals surface area contributed by atoms with E-state index in [0.717, 1.165) is 56.0 Å². The number of nitrogens with zero attached hydrogens (tertiary/aromatic N) is 4. The number of benzene rings is 1. The number of halogens is 1. The number of aryl methyl sites for hydroxylation is 2. The molecule has 2 saturated heterocycles. The fourth-order valence-electron chi connectivity index (χ4n) is 5.11. The van der Waals surface area contributed by atoms with Crippen molar-refractivity contribution in [3.63, 3.8) is 0 Å². The number of nitrogens with one attached hydrogen (secondary N) is 1. The lowest BCUT2D eigenvalue weighted by molar-refractivity contribution is -0.142. The zero-order chi connectivity index (χ0) is 25.0. The first-order valence-corrected chi connectivity index (χ1v) is 12.8. The van der Waals surface area contributed by atoms with Crippen molar-refractivity contribution in [1.29, 1.82) is 0 Å². The molecule has 0 radical (unpaired) electrons. The summed E-state index contributed by atoms with van der Waals surface area (Å²) in [5, 5.41) is 7.80. The third-order valence-corrected chi connectivity index (χ3v) is 7.58. The van der Waals surface area contributed by atoms with Crippen LogP contribution < -0.4 is 4.74 Å². The highest BCUT2D eigenvalue weighted by atomic mass is 35.5. The molecule has 2 amide bonds. The Morgan fingerprint density at radius 3 is 2.57 bits per heavy atom. The molecule has 0 unspecified atom stereocenters. The molecule has 1 aromatic heterocycles. The Morgan fingerprint density at radius 1 is 1.11 bits per heavy atom. The molecule has 3 heterocycles. The largest absolute Gasteiger partial charge is 0.493 e. The molecular formula is C26H36ClN5O3. The van der Waals surface area contributed by atoms with Crippen molar-refractivity contribution in [2.75, 3.05) is 52.9 Å². The highest BCUT2D eigenvalue weighted by Gasteiger charge is 2.41. The highest BCUT2D eigenvalue weighted by Crippen LogP contribution is 2.36. The second kappa shape index (κ2) is 11.0. The molecule has 0 saturated carbocycles. The molecule has 35 heavy (non-hydrogen) atoms. The highest BCUT2D eigenvalue weighted by molar-refractivity contribution is 6.30. The molecule has 2 aliphatic rings. The fraction of sp³-hybridized carbons (Fsp3) is 0.577. The van der Waals surface area contributed by atoms with E-state index in [0.29, 0.717) is 43.3 Å². The predicted molar refractivity (Wildman–Crippen MR) is 136 cm³/mol. The van der Waals surface area contributed by atoms with Gasteiger partial charge in [0.2, 0.25) is 11.8 Å². The summed E-state index contributed by atoms with van der Waals surface area (Å²) in [6.07, 6.45) is 2.35. The molecular weight excluding hydrogens is 466 g/mol. The molecule has 2 aliphatic heterocycles. The van der Waals surface area contributed by atoms with Crippen LogP contribution >= 0.6 is 11.6 Å². The summed E-state index contributed by atoms with van der Waals surface area (Å²) in [5.41, 5.74) is 2.29. The lowest BCUT2D eigenvalue weighted by atomic mass is 9.77. The number of amides is 2. The Kier molecular flexibility index (Phi) is 8.02. The number of ether oxygens (including phenoxy) is 1. The van der Waals surface area contributed by atoms with Crippen LogP contribution in [0.4, 0.5) is 0 Å². The van der Waals surface area contributed by atoms with Gasteiger partial charge in [-0.15, -0.1) is 0 Å². The van der Waals surface area contributed by atoms with Crippen LogP contribution in [0.15, 0.2) is 24.3 Å². The number of hydrogen-bond acceptors (Lipinski definition) is 5. The summed E-state index contributed by atoms with van der Waals surface area (Å²) in [4.78, 5) is 32.8. The maximum atomic E-state index is 13.4. The number of rotatable bonds is 7. The first kappa shape index (κ1) is 25.5. The average Bonchev–Trinajstić information content (AvgIpc) is 3.15. The Morgan fingerprint density at radius 2 is 1.89 bits per heavy atom. The third kappa shape index (κ3) is 6.35. The molecule has 0 spiro atoms. The summed E-state index contributed by atoms with van der Waals surface area (Å²) in [7, 11) is 2.08. The molecule has 190 valence electrons. The van der Waals surface area contributed by atoms with E-state index in [2.05, 4.69) is 22.1 Å². The fourth-order valence-corrected chi connectivity index (χ4v) is 5.29. The average molecular weight is 502 g/mol. The van der Waals surface area contributed by atoms with E-state index in [1.54, 1.807) is 6.07 Å². The van der Waals surface area contributed by atoms with E-state index < -0.39 is 5.41 Å². The standard InChI is InChI=1S/C26H36ClN5O3/c1-19-23(20(2)29-28-19)15-24(33)32-9-5-8-26(17-32,18-35-22-7-4-6-21(27)14-22)16-25(34)31-12-10-30(3)11-13-31/h4,6-7,14H,5,8-13,15-18H2,1-3H3,(H,28,29)/t26-/m1/s1. The van der Waals surface area contributed by atoms with Gasteiger partial charge in [-0.1, -0.05) is 17.7 Å². The lowest BCUT2D eigenvalue weighted by Crippen LogP contribution is -2.53. The van der Waals surface area contributed by atoms with E-state index in [1.807, 2.05) is 41.8 Å². The molecule has 1 N–H and O–H groups in total. The van der Waals surface area contributed by atoms with E-state index in [1.165, 1.54) is 0 Å². The van der Waals surface area contributed by atoms with Crippen molar-refractivity contribution >= 4 is 23.4 Å². The maximum absolute atomic E-state index is 13.4. The molecule has 1 atom stereocenters. The Hall–Kier alpha value is -2.58. The number of piperidine rings is 1. The summed E-state index contributed by atoms with van der Waals surface area (Å²) in [6.45, 7) is 8.65. The topological polar surface area (TPSA) is 81.8 Å². The number of H-pyrrole nitrogens is 1. The molecule has 0 bridgehead atoms. The van der Waals surface area contributed by atoms with Crippen LogP contribution in [0.3, 0.4) is 0 Å². The van der Waals surface area contributed by atoms with Crippen LogP contribution in [0.2, 0.25) is 5.02 Å². The van der Waals surface area contributed by atoms with Crippen LogP contribution in [-0.2, 0) is 16.0 Å². The summed E-state index contributed by atoms with van der Waals surface area (Å²) in [6, 6.07) is 7.32. The van der Waals surface area contributed by atoms with Crippen molar-refractivity contribution in [1.82, 2.24) is 24.9 Å². The van der Waals surface area contributed by atoms with Crippen molar-refractivity contribution in [2.45, 2.75) is 39.5 Å². The Bertz CT molecular complexity index is 1030. The normalized spacial score (nSPS) is 21.3. The molecule has 4 rings (SSSR count). The summed E-state index contributed by atoms with van der Waals surface area (Å²) < 4.78 is 6.19. The van der Waals surface area contributed by atoms with Gasteiger partial charge >= 0.3 is 0 Å². The second-order valence-corrected chi connectivity index (χ2v) is 10.6. The van der Waals surface area contributed by atoms with Gasteiger partial charge in [0.1, 0.15) is 5.75 Å². The summed E-state index contributed by atoms with van der Waals surface area (Å²) >= 11 is 6.15. The monoisotopic (exact) mass is 501 g/mol. The van der Waals surface area contributed by atoms with Gasteiger partial charge in [-0.25, -0.2) is 0 Å². The molecule has 2 aromatic rings. The second-order valence-electron chi connectivity index (χ2n) is 10.1. The number of likely N-dealkylation sites (tertiary alicyclic amines) is 1. The van der Waals surface area contributed by atoms with E-state index in [9.17, 15) is 9.59 Å². The number of piperazine rings is 1. The van der Waals surface area contributed by atoms with Gasteiger partial charge in [-0.2, -0.15) is 5.10 Å². The quantitative estimate of drug-likeness (QED) is 0.630. The van der Waals surface area contributed by atoms with E-state index in [-0.39, 0.29) is 11.8 Å². The van der Waals surface area contributed by atoms with Gasteiger partial charge < -0.3 is 19.4 Å². The molecule has 1 aromatic carbocycles. The van der Waals surface area contributed by atoms with Gasteiger partial charge in [0.15, 0.2) is 0 Å². The van der Waals surface area contributed by atoms with Gasteiger partial charge in [0, 0.05) is 67.4 Å². The number of aromatic nitrogens is 2. The molecule has 2 fully saturated rings. The van der Waals surface area contributed by atoms with Crippen LogP contribution in [0, 0.1) is 19.3 Å². The van der Waals surface area contributed by atoms with Crippen molar-refractivity contribution in [3.8, 4) is 5.75 Å². The SMILES string of the molecule is Cc1n[nH]c(C)c1CC(=O)N1CCC[C@@](COc2cccc(Cl)c2)(CC(=O)N2CCN(C)CC2)C1. The number of carbonyl (C=O) groups is 2. The van der Waals surface area contributed by atoms with Crippen LogP contribution in [-0.4, -0.2) is 89.6 Å². The zero-order valence-electron chi connectivity index (χ0n) is 21.0. The van der Waals surface area contributed by atoms with Crippen LogP contribution in [0.5, 0.6) is 5.75 Å². The summed E-state index contributed by atoms with van der Waals surface area (Å²) in [5.74, 6) is 0.886. The third-order valence-electron chi connectivity index (χ3n) is 7.35. The molecule has 8 nitrogen and oxygen atoms in total. The Labute approximate surface area is 212 Å². The zero-order valence-corrected chi connectivity index (χ0v) is 21.7. The van der Waals surface area contributed by atoms with Gasteiger partial charge in [0.25, 0.3) is 0 Å². The lowest BCUT2D eigenvalue weighted by Gasteiger charge is -2.43. The van der Waals surface area contributed by atoms with Gasteiger partial charge in [-0.05, 0) is 51.9 Å². The Balaban J connectivity index is 1.50. The van der Waals surface area contributed by atoms with Crippen LogP contribution in [0.1, 0.15) is 36.2 Å².